The number of ether oxygens (including phenoxy) is 2. The van der Waals surface area contributed by atoms with Gasteiger partial charge in [0.2, 0.25) is 0 Å². The first-order valence-electron chi connectivity index (χ1n) is 7.28. The lowest BCUT2D eigenvalue weighted by molar-refractivity contribution is 0.0470. The normalized spacial score (nSPS) is 10.8. The van der Waals surface area contributed by atoms with Gasteiger partial charge >= 0.3 is 5.97 Å². The molecular formula is C17H16BrN3O3. The van der Waals surface area contributed by atoms with Crippen LogP contribution in [-0.2, 0) is 18.4 Å². The molecule has 0 bridgehead atoms. The van der Waals surface area contributed by atoms with E-state index >= 15 is 0 Å². The van der Waals surface area contributed by atoms with Gasteiger partial charge < -0.3 is 9.47 Å². The molecule has 2 aromatic heterocycles. The molecule has 124 valence electrons. The second-order valence-corrected chi connectivity index (χ2v) is 6.25. The molecule has 0 spiro atoms. The Bertz CT molecular complexity index is 921. The number of carbonyl (C=O) groups excluding carboxylic acids is 1. The van der Waals surface area contributed by atoms with Gasteiger partial charge in [0, 0.05) is 28.7 Å². The van der Waals surface area contributed by atoms with Crippen LogP contribution in [0, 0.1) is 6.92 Å². The molecule has 7 heteroatoms. The topological polar surface area (TPSA) is 66.2 Å². The molecule has 0 aliphatic heterocycles. The third kappa shape index (κ3) is 3.12. The van der Waals surface area contributed by atoms with Crippen LogP contribution in [-0.4, -0.2) is 27.8 Å². The Labute approximate surface area is 147 Å². The van der Waals surface area contributed by atoms with E-state index in [0.29, 0.717) is 11.3 Å². The third-order valence-electron chi connectivity index (χ3n) is 3.70. The van der Waals surface area contributed by atoms with Crippen LogP contribution in [0.4, 0.5) is 0 Å². The van der Waals surface area contributed by atoms with Gasteiger partial charge in [-0.2, -0.15) is 5.10 Å². The van der Waals surface area contributed by atoms with Crippen molar-refractivity contribution in [1.29, 1.82) is 0 Å². The van der Waals surface area contributed by atoms with Crippen molar-refractivity contribution < 1.29 is 14.3 Å². The first kappa shape index (κ1) is 16.4. The molecule has 24 heavy (non-hydrogen) atoms. The lowest BCUT2D eigenvalue weighted by Crippen LogP contribution is -2.07. The molecule has 3 rings (SSSR count). The summed E-state index contributed by atoms with van der Waals surface area (Å²) in [5, 5.41) is 5.14. The van der Waals surface area contributed by atoms with Gasteiger partial charge in [-0.25, -0.2) is 9.78 Å². The number of methoxy groups -OCH3 is 1. The minimum Gasteiger partial charge on any atom is -0.496 e. The number of fused-ring (bicyclic) bond motifs is 1. The standard InChI is InChI=1S/C17H16BrN3O3/c1-10-14-7-11(8-19-16(14)21(2)20-10)17(22)24-9-12-6-13(18)4-5-15(12)23-3/h4-8H,9H2,1-3H3. The summed E-state index contributed by atoms with van der Waals surface area (Å²) >= 11 is 3.40. The predicted octanol–water partition coefficient (Wildman–Crippen LogP) is 3.40. The van der Waals surface area contributed by atoms with Crippen LogP contribution in [0.1, 0.15) is 21.6 Å². The third-order valence-corrected chi connectivity index (χ3v) is 4.19. The van der Waals surface area contributed by atoms with Crippen molar-refractivity contribution in [1.82, 2.24) is 14.8 Å². The fraction of sp³-hybridized carbons (Fsp3) is 0.235. The number of aryl methyl sites for hydroxylation is 2. The van der Waals surface area contributed by atoms with E-state index in [-0.39, 0.29) is 6.61 Å². The zero-order chi connectivity index (χ0) is 17.3. The van der Waals surface area contributed by atoms with Gasteiger partial charge in [-0.3, -0.25) is 4.68 Å². The van der Waals surface area contributed by atoms with Crippen LogP contribution >= 0.6 is 15.9 Å². The predicted molar refractivity (Wildman–Crippen MR) is 93.1 cm³/mol. The SMILES string of the molecule is COc1ccc(Br)cc1COC(=O)c1cnc2c(c1)c(C)nn2C. The largest absolute Gasteiger partial charge is 0.496 e. The summed E-state index contributed by atoms with van der Waals surface area (Å²) in [6.07, 6.45) is 1.50. The number of hydrogen-bond acceptors (Lipinski definition) is 5. The first-order chi connectivity index (χ1) is 11.5. The highest BCUT2D eigenvalue weighted by Crippen LogP contribution is 2.24. The lowest BCUT2D eigenvalue weighted by Gasteiger charge is -2.10. The fourth-order valence-corrected chi connectivity index (χ4v) is 2.91. The number of benzene rings is 1. The maximum atomic E-state index is 12.3. The zero-order valence-electron chi connectivity index (χ0n) is 13.5. The molecule has 0 atom stereocenters. The van der Waals surface area contributed by atoms with Crippen LogP contribution in [0.15, 0.2) is 34.9 Å². The molecule has 0 aliphatic carbocycles. The van der Waals surface area contributed by atoms with E-state index in [9.17, 15) is 4.79 Å². The Balaban J connectivity index is 1.80. The summed E-state index contributed by atoms with van der Waals surface area (Å²) in [5.41, 5.74) is 2.74. The van der Waals surface area contributed by atoms with Gasteiger partial charge in [0.15, 0.2) is 5.65 Å². The van der Waals surface area contributed by atoms with Gasteiger partial charge in [0.05, 0.1) is 18.4 Å². The van der Waals surface area contributed by atoms with E-state index in [1.807, 2.05) is 32.2 Å². The number of esters is 1. The highest BCUT2D eigenvalue weighted by molar-refractivity contribution is 9.10. The molecule has 6 nitrogen and oxygen atoms in total. The van der Waals surface area contributed by atoms with Crippen LogP contribution in [0.3, 0.4) is 0 Å². The van der Waals surface area contributed by atoms with Gasteiger partial charge in [0.25, 0.3) is 0 Å². The van der Waals surface area contributed by atoms with Crippen molar-refractivity contribution in [3.05, 3.63) is 51.8 Å². The molecule has 0 amide bonds. The van der Waals surface area contributed by atoms with Gasteiger partial charge in [-0.05, 0) is 31.2 Å². The molecule has 1 aromatic carbocycles. The minimum absolute atomic E-state index is 0.117. The van der Waals surface area contributed by atoms with E-state index < -0.39 is 5.97 Å². The Morgan fingerprint density at radius 1 is 1.33 bits per heavy atom. The van der Waals surface area contributed by atoms with Crippen LogP contribution in [0.2, 0.25) is 0 Å². The van der Waals surface area contributed by atoms with Gasteiger partial charge in [0.1, 0.15) is 12.4 Å². The highest BCUT2D eigenvalue weighted by atomic mass is 79.9. The Morgan fingerprint density at radius 3 is 2.88 bits per heavy atom. The monoisotopic (exact) mass is 389 g/mol. The van der Waals surface area contributed by atoms with Crippen LogP contribution in [0.5, 0.6) is 5.75 Å². The summed E-state index contributed by atoms with van der Waals surface area (Å²) < 4.78 is 13.3. The first-order valence-corrected chi connectivity index (χ1v) is 8.08. The quantitative estimate of drug-likeness (QED) is 0.639. The van der Waals surface area contributed by atoms with Gasteiger partial charge in [-0.1, -0.05) is 15.9 Å². The van der Waals surface area contributed by atoms with E-state index in [4.69, 9.17) is 9.47 Å². The van der Waals surface area contributed by atoms with E-state index in [2.05, 4.69) is 26.0 Å². The number of nitrogens with zero attached hydrogens (tertiary/aromatic N) is 3. The highest BCUT2D eigenvalue weighted by Gasteiger charge is 2.14. The summed E-state index contributed by atoms with van der Waals surface area (Å²) in [5.74, 6) is 0.234. The molecule has 0 radical (unpaired) electrons. The minimum atomic E-state index is -0.435. The Kier molecular flexibility index (Phi) is 4.53. The Hall–Kier alpha value is -2.41. The van der Waals surface area contributed by atoms with E-state index in [1.54, 1.807) is 17.9 Å². The van der Waals surface area contributed by atoms with Crippen LogP contribution < -0.4 is 4.74 Å². The second kappa shape index (κ2) is 6.60. The molecule has 0 saturated carbocycles. The molecular weight excluding hydrogens is 374 g/mol. The summed E-state index contributed by atoms with van der Waals surface area (Å²) in [4.78, 5) is 16.6. The summed E-state index contributed by atoms with van der Waals surface area (Å²) in [6.45, 7) is 2.00. The van der Waals surface area contributed by atoms with Crippen molar-refractivity contribution in [2.75, 3.05) is 7.11 Å². The van der Waals surface area contributed by atoms with Gasteiger partial charge in [-0.15, -0.1) is 0 Å². The van der Waals surface area contributed by atoms with Crippen molar-refractivity contribution in [3.8, 4) is 5.75 Å². The molecule has 0 aliphatic rings. The molecule has 0 saturated heterocycles. The van der Waals surface area contributed by atoms with Crippen molar-refractivity contribution in [2.24, 2.45) is 7.05 Å². The zero-order valence-corrected chi connectivity index (χ0v) is 15.1. The molecule has 2 heterocycles. The van der Waals surface area contributed by atoms with Crippen molar-refractivity contribution >= 4 is 32.9 Å². The maximum absolute atomic E-state index is 12.3. The average molecular weight is 390 g/mol. The number of pyridine rings is 1. The molecule has 0 fully saturated rings. The number of aromatic nitrogens is 3. The summed E-state index contributed by atoms with van der Waals surface area (Å²) in [6, 6.07) is 7.30. The smallest absolute Gasteiger partial charge is 0.340 e. The molecule has 0 N–H and O–H groups in total. The maximum Gasteiger partial charge on any atom is 0.340 e. The lowest BCUT2D eigenvalue weighted by atomic mass is 10.2. The second-order valence-electron chi connectivity index (χ2n) is 5.34. The van der Waals surface area contributed by atoms with E-state index in [1.165, 1.54) is 6.20 Å². The number of carbonyl (C=O) groups is 1. The molecule has 3 aromatic rings. The number of hydrogen-bond donors (Lipinski definition) is 0. The van der Waals surface area contributed by atoms with Crippen LogP contribution in [0.25, 0.3) is 11.0 Å². The number of halogens is 1. The molecule has 0 unspecified atom stereocenters. The van der Waals surface area contributed by atoms with E-state index in [0.717, 1.165) is 26.8 Å². The van der Waals surface area contributed by atoms with Crippen molar-refractivity contribution in [3.63, 3.8) is 0 Å². The Morgan fingerprint density at radius 2 is 2.12 bits per heavy atom. The number of rotatable bonds is 4. The van der Waals surface area contributed by atoms with Crippen molar-refractivity contribution in [2.45, 2.75) is 13.5 Å². The fourth-order valence-electron chi connectivity index (χ4n) is 2.51. The average Bonchev–Trinajstić information content (AvgIpc) is 2.86. The summed E-state index contributed by atoms with van der Waals surface area (Å²) in [7, 11) is 3.40.